The van der Waals surface area contributed by atoms with Gasteiger partial charge in [-0.1, -0.05) is 140 Å². The highest BCUT2D eigenvalue weighted by atomic mass is 15.3. The van der Waals surface area contributed by atoms with Gasteiger partial charge in [0.1, 0.15) is 6.17 Å². The van der Waals surface area contributed by atoms with Gasteiger partial charge in [-0.2, -0.15) is 0 Å². The predicted molar refractivity (Wildman–Crippen MR) is 195 cm³/mol. The molecule has 1 aromatic heterocycles. The van der Waals surface area contributed by atoms with Crippen LogP contribution in [-0.4, -0.2) is 9.97 Å². The first-order chi connectivity index (χ1) is 23.3. The standard InChI is InChI=1S/C43H30N4/c1-3-12-33(13-4-1)42-45-40(37-28-27-31-11-7-8-16-36(31)41(37)46-42)32-23-19-29(20-24-32)30-21-25-34(26-22-30)43-44-38-17-9-10-18-39(38)47(43)35-14-5-2-6-15-35/h1-28,43-44H. The molecule has 0 fully saturated rings. The smallest absolute Gasteiger partial charge is 0.160 e. The van der Waals surface area contributed by atoms with Crippen LogP contribution in [0.1, 0.15) is 11.7 Å². The highest BCUT2D eigenvalue weighted by molar-refractivity contribution is 6.09. The Labute approximate surface area is 273 Å². The summed E-state index contributed by atoms with van der Waals surface area (Å²) in [6.45, 7) is 0. The number of hydrogen-bond acceptors (Lipinski definition) is 4. The Hall–Kier alpha value is -6.26. The lowest BCUT2D eigenvalue weighted by molar-refractivity contribution is 0.828. The minimum absolute atomic E-state index is 0.00663. The second-order valence-electron chi connectivity index (χ2n) is 11.9. The summed E-state index contributed by atoms with van der Waals surface area (Å²) >= 11 is 0. The fraction of sp³-hybridized carbons (Fsp3) is 0.0233. The maximum atomic E-state index is 5.13. The Morgan fingerprint density at radius 3 is 1.89 bits per heavy atom. The summed E-state index contributed by atoms with van der Waals surface area (Å²) in [4.78, 5) is 12.6. The van der Waals surface area contributed by atoms with Gasteiger partial charge < -0.3 is 10.2 Å². The molecule has 9 rings (SSSR count). The molecule has 1 aliphatic rings. The van der Waals surface area contributed by atoms with Gasteiger partial charge in [-0.05, 0) is 52.4 Å². The molecule has 1 atom stereocenters. The van der Waals surface area contributed by atoms with Gasteiger partial charge in [-0.25, -0.2) is 9.97 Å². The van der Waals surface area contributed by atoms with Crippen LogP contribution in [0.2, 0.25) is 0 Å². The van der Waals surface area contributed by atoms with Gasteiger partial charge >= 0.3 is 0 Å². The molecule has 0 radical (unpaired) electrons. The maximum absolute atomic E-state index is 5.13. The summed E-state index contributed by atoms with van der Waals surface area (Å²) in [5.41, 5.74) is 11.0. The van der Waals surface area contributed by atoms with E-state index in [2.05, 4.69) is 162 Å². The number of nitrogens with one attached hydrogen (secondary N) is 1. The quantitative estimate of drug-likeness (QED) is 0.199. The summed E-state index contributed by atoms with van der Waals surface area (Å²) in [5.74, 6) is 0.733. The lowest BCUT2D eigenvalue weighted by Crippen LogP contribution is -2.23. The monoisotopic (exact) mass is 602 g/mol. The first kappa shape index (κ1) is 27.1. The molecule has 1 unspecified atom stereocenters. The van der Waals surface area contributed by atoms with E-state index in [-0.39, 0.29) is 6.17 Å². The van der Waals surface area contributed by atoms with Crippen LogP contribution in [0.25, 0.3) is 55.4 Å². The van der Waals surface area contributed by atoms with Crippen molar-refractivity contribution >= 4 is 38.7 Å². The van der Waals surface area contributed by atoms with Gasteiger partial charge in [0.2, 0.25) is 0 Å². The summed E-state index contributed by atoms with van der Waals surface area (Å²) < 4.78 is 0. The number of benzene rings is 7. The lowest BCUT2D eigenvalue weighted by atomic mass is 9.98. The largest absolute Gasteiger partial charge is 0.359 e. The fourth-order valence-corrected chi connectivity index (χ4v) is 6.74. The van der Waals surface area contributed by atoms with Crippen molar-refractivity contribution in [1.82, 2.24) is 9.97 Å². The van der Waals surface area contributed by atoms with Crippen molar-refractivity contribution in [2.45, 2.75) is 6.17 Å². The van der Waals surface area contributed by atoms with Crippen LogP contribution in [-0.2, 0) is 0 Å². The van der Waals surface area contributed by atoms with Crippen LogP contribution in [0.5, 0.6) is 0 Å². The van der Waals surface area contributed by atoms with Crippen LogP contribution in [0.15, 0.2) is 170 Å². The third kappa shape index (κ3) is 4.79. The molecule has 4 heteroatoms. The highest BCUT2D eigenvalue weighted by Crippen LogP contribution is 2.46. The fourth-order valence-electron chi connectivity index (χ4n) is 6.74. The van der Waals surface area contributed by atoms with E-state index in [1.54, 1.807) is 0 Å². The SMILES string of the molecule is c1ccc(-c2nc(-c3ccc(-c4ccc(C5Nc6ccccc6N5c5ccccc5)cc4)cc3)c3ccc4ccccc4c3n2)cc1. The van der Waals surface area contributed by atoms with E-state index in [0.717, 1.165) is 55.9 Å². The molecule has 1 aliphatic heterocycles. The number of aromatic nitrogens is 2. The molecule has 1 N–H and O–H groups in total. The molecule has 0 saturated carbocycles. The van der Waals surface area contributed by atoms with Crippen LogP contribution in [0, 0.1) is 0 Å². The van der Waals surface area contributed by atoms with Crippen molar-refractivity contribution in [1.29, 1.82) is 0 Å². The third-order valence-corrected chi connectivity index (χ3v) is 9.09. The summed E-state index contributed by atoms with van der Waals surface area (Å²) in [6.07, 6.45) is 0.00663. The Bertz CT molecular complexity index is 2370. The molecule has 47 heavy (non-hydrogen) atoms. The van der Waals surface area contributed by atoms with E-state index in [4.69, 9.17) is 9.97 Å². The number of hydrogen-bond donors (Lipinski definition) is 1. The van der Waals surface area contributed by atoms with Crippen molar-refractivity contribution in [3.63, 3.8) is 0 Å². The van der Waals surface area contributed by atoms with Gasteiger partial charge in [0.05, 0.1) is 22.6 Å². The van der Waals surface area contributed by atoms with Crippen molar-refractivity contribution in [3.05, 3.63) is 175 Å². The van der Waals surface area contributed by atoms with Crippen LogP contribution in [0.4, 0.5) is 17.1 Å². The Kier molecular flexibility index (Phi) is 6.50. The van der Waals surface area contributed by atoms with Crippen LogP contribution in [0.3, 0.4) is 0 Å². The molecule has 4 nitrogen and oxygen atoms in total. The van der Waals surface area contributed by atoms with Crippen LogP contribution < -0.4 is 10.2 Å². The van der Waals surface area contributed by atoms with E-state index >= 15 is 0 Å². The summed E-state index contributed by atoms with van der Waals surface area (Å²) in [7, 11) is 0. The van der Waals surface area contributed by atoms with E-state index < -0.39 is 0 Å². The molecule has 0 amide bonds. The normalized spacial score (nSPS) is 13.9. The molecule has 222 valence electrons. The zero-order chi connectivity index (χ0) is 31.2. The number of nitrogens with zero attached hydrogens (tertiary/aromatic N) is 3. The highest BCUT2D eigenvalue weighted by Gasteiger charge is 2.30. The molecular weight excluding hydrogens is 573 g/mol. The van der Waals surface area contributed by atoms with E-state index in [1.165, 1.54) is 22.2 Å². The summed E-state index contributed by atoms with van der Waals surface area (Å²) in [5, 5.41) is 7.09. The molecule has 0 aliphatic carbocycles. The molecule has 7 aromatic carbocycles. The number of para-hydroxylation sites is 3. The Morgan fingerprint density at radius 2 is 1.11 bits per heavy atom. The molecule has 2 heterocycles. The third-order valence-electron chi connectivity index (χ3n) is 9.09. The molecule has 0 spiro atoms. The molecule has 0 bridgehead atoms. The van der Waals surface area contributed by atoms with E-state index in [9.17, 15) is 0 Å². The Morgan fingerprint density at radius 1 is 0.468 bits per heavy atom. The average Bonchev–Trinajstić information content (AvgIpc) is 3.55. The van der Waals surface area contributed by atoms with Crippen LogP contribution >= 0.6 is 0 Å². The minimum Gasteiger partial charge on any atom is -0.359 e. The predicted octanol–water partition coefficient (Wildman–Crippen LogP) is 11.0. The second kappa shape index (κ2) is 11.3. The zero-order valence-electron chi connectivity index (χ0n) is 25.6. The van der Waals surface area contributed by atoms with E-state index in [1.807, 2.05) is 18.2 Å². The lowest BCUT2D eigenvalue weighted by Gasteiger charge is -2.27. The van der Waals surface area contributed by atoms with Gasteiger partial charge in [0.25, 0.3) is 0 Å². The van der Waals surface area contributed by atoms with Crippen molar-refractivity contribution < 1.29 is 0 Å². The Balaban J connectivity index is 1.07. The zero-order valence-corrected chi connectivity index (χ0v) is 25.6. The minimum atomic E-state index is 0.00663. The molecular formula is C43H30N4. The van der Waals surface area contributed by atoms with Gasteiger partial charge in [-0.3, -0.25) is 0 Å². The second-order valence-corrected chi connectivity index (χ2v) is 11.9. The topological polar surface area (TPSA) is 41.1 Å². The average molecular weight is 603 g/mol. The first-order valence-corrected chi connectivity index (χ1v) is 16.0. The van der Waals surface area contributed by atoms with Crippen molar-refractivity contribution in [3.8, 4) is 33.8 Å². The summed E-state index contributed by atoms with van der Waals surface area (Å²) in [6, 6.07) is 59.7. The van der Waals surface area contributed by atoms with Gasteiger partial charge in [0.15, 0.2) is 5.82 Å². The van der Waals surface area contributed by atoms with Gasteiger partial charge in [-0.15, -0.1) is 0 Å². The van der Waals surface area contributed by atoms with Crippen molar-refractivity contribution in [2.24, 2.45) is 0 Å². The number of anilines is 3. The van der Waals surface area contributed by atoms with Crippen molar-refractivity contribution in [2.75, 3.05) is 10.2 Å². The number of fused-ring (bicyclic) bond motifs is 4. The number of rotatable bonds is 5. The molecule has 0 saturated heterocycles. The first-order valence-electron chi connectivity index (χ1n) is 16.0. The van der Waals surface area contributed by atoms with E-state index in [0.29, 0.717) is 0 Å². The molecule has 8 aromatic rings. The maximum Gasteiger partial charge on any atom is 0.160 e. The van der Waals surface area contributed by atoms with Gasteiger partial charge in [0, 0.05) is 27.6 Å².